The number of hydrogen-bond acceptors (Lipinski definition) is 3. The Morgan fingerprint density at radius 3 is 2.44 bits per heavy atom. The topological polar surface area (TPSA) is 50.4 Å². The van der Waals surface area contributed by atoms with Gasteiger partial charge in [-0.05, 0) is 61.8 Å². The number of anilines is 1. The third-order valence-electron chi connectivity index (χ3n) is 3.76. The van der Waals surface area contributed by atoms with Crippen molar-refractivity contribution in [1.82, 2.24) is 5.32 Å². The molecule has 2 rings (SSSR count). The van der Waals surface area contributed by atoms with Crippen LogP contribution in [0, 0.1) is 0 Å². The Labute approximate surface area is 154 Å². The quantitative estimate of drug-likeness (QED) is 0.726. The molecular formula is C20H24N2O2S. The monoisotopic (exact) mass is 356 g/mol. The molecule has 1 amide bonds. The standard InChI is InChI=1S/C20H24N2O2S/c1-3-15(2)24-18-12-10-17(11-13-18)21-20(25)22-19(23)14-9-16-7-5-4-6-8-16/h4-8,10-13,15H,3,9,14H2,1-2H3,(H2,21,22,23,25). The first-order chi connectivity index (χ1) is 12.1. The van der Waals surface area contributed by atoms with Crippen molar-refractivity contribution < 1.29 is 9.53 Å². The van der Waals surface area contributed by atoms with E-state index in [4.69, 9.17) is 17.0 Å². The van der Waals surface area contributed by atoms with Gasteiger partial charge in [0, 0.05) is 12.1 Å². The van der Waals surface area contributed by atoms with Crippen LogP contribution in [-0.4, -0.2) is 17.1 Å². The van der Waals surface area contributed by atoms with Crippen LogP contribution in [0.25, 0.3) is 0 Å². The molecular weight excluding hydrogens is 332 g/mol. The molecule has 25 heavy (non-hydrogen) atoms. The zero-order valence-corrected chi connectivity index (χ0v) is 15.4. The van der Waals surface area contributed by atoms with E-state index in [1.165, 1.54) is 0 Å². The number of aryl methyl sites for hydroxylation is 1. The number of hydrogen-bond donors (Lipinski definition) is 2. The summed E-state index contributed by atoms with van der Waals surface area (Å²) < 4.78 is 5.73. The van der Waals surface area contributed by atoms with Crippen molar-refractivity contribution in [3.8, 4) is 5.75 Å². The lowest BCUT2D eigenvalue weighted by molar-refractivity contribution is -0.119. The van der Waals surface area contributed by atoms with Gasteiger partial charge in [0.25, 0.3) is 0 Å². The Bertz CT molecular complexity index is 687. The lowest BCUT2D eigenvalue weighted by Crippen LogP contribution is -2.34. The van der Waals surface area contributed by atoms with Crippen LogP contribution in [0.2, 0.25) is 0 Å². The molecule has 0 aliphatic carbocycles. The highest BCUT2D eigenvalue weighted by atomic mass is 32.1. The Kier molecular flexibility index (Phi) is 7.41. The molecule has 2 aromatic carbocycles. The van der Waals surface area contributed by atoms with Crippen molar-refractivity contribution >= 4 is 28.9 Å². The van der Waals surface area contributed by atoms with Crippen LogP contribution in [0.5, 0.6) is 5.75 Å². The van der Waals surface area contributed by atoms with Crippen molar-refractivity contribution in [2.45, 2.75) is 39.2 Å². The molecule has 0 saturated carbocycles. The van der Waals surface area contributed by atoms with Crippen LogP contribution >= 0.6 is 12.2 Å². The van der Waals surface area contributed by atoms with E-state index in [0.717, 1.165) is 23.4 Å². The molecule has 5 heteroatoms. The number of ether oxygens (including phenoxy) is 1. The van der Waals surface area contributed by atoms with Gasteiger partial charge in [-0.3, -0.25) is 4.79 Å². The van der Waals surface area contributed by atoms with Gasteiger partial charge in [-0.2, -0.15) is 0 Å². The largest absolute Gasteiger partial charge is 0.491 e. The Balaban J connectivity index is 1.76. The van der Waals surface area contributed by atoms with Gasteiger partial charge in [-0.1, -0.05) is 37.3 Å². The fourth-order valence-corrected chi connectivity index (χ4v) is 2.42. The van der Waals surface area contributed by atoms with Gasteiger partial charge in [-0.25, -0.2) is 0 Å². The van der Waals surface area contributed by atoms with Crippen molar-refractivity contribution in [2.24, 2.45) is 0 Å². The molecule has 2 aromatic rings. The second-order valence-corrected chi connectivity index (χ2v) is 6.26. The summed E-state index contributed by atoms with van der Waals surface area (Å²) >= 11 is 5.19. The van der Waals surface area contributed by atoms with E-state index in [2.05, 4.69) is 17.6 Å². The molecule has 0 saturated heterocycles. The first-order valence-electron chi connectivity index (χ1n) is 8.48. The number of benzene rings is 2. The molecule has 2 N–H and O–H groups in total. The summed E-state index contributed by atoms with van der Waals surface area (Å²) in [5.74, 6) is 0.718. The molecule has 0 spiro atoms. The van der Waals surface area contributed by atoms with E-state index in [9.17, 15) is 4.79 Å². The molecule has 0 aliphatic rings. The SMILES string of the molecule is CCC(C)Oc1ccc(NC(=S)NC(=O)CCc2ccccc2)cc1. The smallest absolute Gasteiger partial charge is 0.226 e. The van der Waals surface area contributed by atoms with Gasteiger partial charge >= 0.3 is 0 Å². The fraction of sp³-hybridized carbons (Fsp3) is 0.300. The number of thiocarbonyl (C=S) groups is 1. The summed E-state index contributed by atoms with van der Waals surface area (Å²) in [4.78, 5) is 12.0. The predicted molar refractivity (Wildman–Crippen MR) is 106 cm³/mol. The molecule has 0 fully saturated rings. The zero-order chi connectivity index (χ0) is 18.1. The fourth-order valence-electron chi connectivity index (χ4n) is 2.19. The minimum Gasteiger partial charge on any atom is -0.491 e. The van der Waals surface area contributed by atoms with Crippen LogP contribution in [0.3, 0.4) is 0 Å². The number of carbonyl (C=O) groups excluding carboxylic acids is 1. The van der Waals surface area contributed by atoms with Gasteiger partial charge < -0.3 is 15.4 Å². The second-order valence-electron chi connectivity index (χ2n) is 5.85. The highest BCUT2D eigenvalue weighted by Crippen LogP contribution is 2.17. The second kappa shape index (κ2) is 9.79. The predicted octanol–water partition coefficient (Wildman–Crippen LogP) is 4.31. The zero-order valence-electron chi connectivity index (χ0n) is 14.6. The highest BCUT2D eigenvalue weighted by Gasteiger charge is 2.06. The van der Waals surface area contributed by atoms with Gasteiger partial charge in [0.05, 0.1) is 6.10 Å². The maximum atomic E-state index is 12.0. The number of amides is 1. The Morgan fingerprint density at radius 2 is 1.80 bits per heavy atom. The van der Waals surface area contributed by atoms with E-state index >= 15 is 0 Å². The van der Waals surface area contributed by atoms with Crippen molar-refractivity contribution in [3.05, 3.63) is 60.2 Å². The molecule has 0 aliphatic heterocycles. The number of carbonyl (C=O) groups is 1. The lowest BCUT2D eigenvalue weighted by atomic mass is 10.1. The molecule has 0 aromatic heterocycles. The molecule has 0 radical (unpaired) electrons. The molecule has 0 heterocycles. The van der Waals surface area contributed by atoms with E-state index < -0.39 is 0 Å². The molecule has 4 nitrogen and oxygen atoms in total. The first kappa shape index (κ1) is 18.9. The minimum absolute atomic E-state index is 0.0990. The van der Waals surface area contributed by atoms with Gasteiger partial charge in [0.15, 0.2) is 5.11 Å². The average molecular weight is 356 g/mol. The normalized spacial score (nSPS) is 11.4. The molecule has 132 valence electrons. The van der Waals surface area contributed by atoms with E-state index in [-0.39, 0.29) is 12.0 Å². The van der Waals surface area contributed by atoms with Crippen molar-refractivity contribution in [2.75, 3.05) is 5.32 Å². The van der Waals surface area contributed by atoms with Crippen LogP contribution in [0.15, 0.2) is 54.6 Å². The van der Waals surface area contributed by atoms with Crippen LogP contribution in [0.1, 0.15) is 32.3 Å². The Morgan fingerprint density at radius 1 is 1.12 bits per heavy atom. The lowest BCUT2D eigenvalue weighted by Gasteiger charge is -2.13. The van der Waals surface area contributed by atoms with E-state index in [1.54, 1.807) is 0 Å². The summed E-state index contributed by atoms with van der Waals surface area (Å²) in [6.45, 7) is 4.12. The molecule has 1 unspecified atom stereocenters. The van der Waals surface area contributed by atoms with E-state index in [1.807, 2.05) is 61.5 Å². The molecule has 0 bridgehead atoms. The number of rotatable bonds is 7. The highest BCUT2D eigenvalue weighted by molar-refractivity contribution is 7.80. The third kappa shape index (κ3) is 6.93. The summed E-state index contributed by atoms with van der Waals surface area (Å²) in [7, 11) is 0. The van der Waals surface area contributed by atoms with Gasteiger partial charge in [0.1, 0.15) is 5.75 Å². The van der Waals surface area contributed by atoms with Crippen LogP contribution in [0.4, 0.5) is 5.69 Å². The van der Waals surface area contributed by atoms with E-state index in [0.29, 0.717) is 18.0 Å². The van der Waals surface area contributed by atoms with Crippen LogP contribution in [-0.2, 0) is 11.2 Å². The third-order valence-corrected chi connectivity index (χ3v) is 3.97. The molecule has 1 atom stereocenters. The van der Waals surface area contributed by atoms with Gasteiger partial charge in [-0.15, -0.1) is 0 Å². The van der Waals surface area contributed by atoms with Gasteiger partial charge in [0.2, 0.25) is 5.91 Å². The summed E-state index contributed by atoms with van der Waals surface area (Å²) in [6, 6.07) is 17.4. The summed E-state index contributed by atoms with van der Waals surface area (Å²) in [6.07, 6.45) is 2.23. The summed E-state index contributed by atoms with van der Waals surface area (Å²) in [5.41, 5.74) is 1.94. The Hall–Kier alpha value is -2.40. The van der Waals surface area contributed by atoms with Crippen molar-refractivity contribution in [1.29, 1.82) is 0 Å². The van der Waals surface area contributed by atoms with Crippen molar-refractivity contribution in [3.63, 3.8) is 0 Å². The number of nitrogens with one attached hydrogen (secondary N) is 2. The first-order valence-corrected chi connectivity index (χ1v) is 8.89. The average Bonchev–Trinajstić information content (AvgIpc) is 2.62. The minimum atomic E-state index is -0.0990. The maximum absolute atomic E-state index is 12.0. The van der Waals surface area contributed by atoms with Crippen LogP contribution < -0.4 is 15.4 Å². The summed E-state index contributed by atoms with van der Waals surface area (Å²) in [5, 5.41) is 6.01. The maximum Gasteiger partial charge on any atom is 0.226 e.